The zero-order valence-electron chi connectivity index (χ0n) is 41.0. The molecule has 0 unspecified atom stereocenters. The molecule has 0 saturated carbocycles. The van der Waals surface area contributed by atoms with Gasteiger partial charge in [-0.15, -0.1) is 0 Å². The van der Waals surface area contributed by atoms with Crippen LogP contribution in [0.2, 0.25) is 0 Å². The van der Waals surface area contributed by atoms with Gasteiger partial charge in [-0.1, -0.05) is 217 Å². The van der Waals surface area contributed by atoms with Crippen LogP contribution in [-0.2, 0) is 10.8 Å². The summed E-state index contributed by atoms with van der Waals surface area (Å²) >= 11 is 0. The zero-order chi connectivity index (χ0) is 48.0. The second-order valence-electron chi connectivity index (χ2n) is 20.7. The van der Waals surface area contributed by atoms with E-state index in [4.69, 9.17) is 0 Å². The largest absolute Gasteiger partial charge is 0.310 e. The van der Waals surface area contributed by atoms with E-state index in [0.29, 0.717) is 0 Å². The van der Waals surface area contributed by atoms with E-state index in [1.807, 2.05) is 0 Å². The van der Waals surface area contributed by atoms with E-state index >= 15 is 0 Å². The van der Waals surface area contributed by atoms with Gasteiger partial charge in [0, 0.05) is 33.5 Å². The first kappa shape index (κ1) is 44.3. The Kier molecular flexibility index (Phi) is 11.4. The van der Waals surface area contributed by atoms with Gasteiger partial charge in [0.15, 0.2) is 0 Å². The normalized spacial score (nSPS) is 11.9. The SMILES string of the molecule is CC(C)(C)c1ccc2c3c(-c4cccc(N(c5ccc(-c6ccc(-c7ccccc7)cc6)cc5)c5ccc(-c6ccc(-c7ccccc7)cc6)cc5)c4)cc(C(C)(C)C)cc3n(-c3ccccc3)c2c1. The van der Waals surface area contributed by atoms with Crippen LogP contribution in [0.25, 0.3) is 83.1 Å². The number of benzene rings is 10. The standard InChI is InChI=1S/C68H58N2/c1-67(2,3)56-37-42-62-64(45-56)70(58-22-14-9-15-23-58)65-46-57(68(4,5)6)44-63(66(62)65)55-21-16-24-61(43-55)69(59-38-33-53(34-39-59)51-29-25-49(26-30-51)47-17-10-7-11-18-47)60-40-35-54(36-41-60)52-31-27-50(28-32-52)48-19-12-8-13-20-48/h7-46H,1-6H3. The maximum Gasteiger partial charge on any atom is 0.0550 e. The lowest BCUT2D eigenvalue weighted by atomic mass is 9.83. The lowest BCUT2D eigenvalue weighted by molar-refractivity contribution is 0.591. The van der Waals surface area contributed by atoms with Gasteiger partial charge in [-0.3, -0.25) is 0 Å². The van der Waals surface area contributed by atoms with Gasteiger partial charge < -0.3 is 9.47 Å². The molecule has 1 aromatic heterocycles. The summed E-state index contributed by atoms with van der Waals surface area (Å²) in [5.41, 5.74) is 21.4. The van der Waals surface area contributed by atoms with E-state index in [2.05, 4.69) is 294 Å². The van der Waals surface area contributed by atoms with Crippen molar-refractivity contribution < 1.29 is 0 Å². The number of aromatic nitrogens is 1. The monoisotopic (exact) mass is 902 g/mol. The molecular weight excluding hydrogens is 845 g/mol. The maximum atomic E-state index is 2.49. The van der Waals surface area contributed by atoms with Crippen molar-refractivity contribution in [1.82, 2.24) is 4.57 Å². The molecule has 0 amide bonds. The van der Waals surface area contributed by atoms with Crippen molar-refractivity contribution in [2.24, 2.45) is 0 Å². The first-order valence-electron chi connectivity index (χ1n) is 24.6. The lowest BCUT2D eigenvalue weighted by Gasteiger charge is -2.27. The Morgan fingerprint density at radius 1 is 0.300 bits per heavy atom. The molecule has 0 fully saturated rings. The minimum Gasteiger partial charge on any atom is -0.310 e. The van der Waals surface area contributed by atoms with Crippen molar-refractivity contribution in [2.75, 3.05) is 4.90 Å². The minimum absolute atomic E-state index is 0.000251. The third kappa shape index (κ3) is 8.63. The summed E-state index contributed by atoms with van der Waals surface area (Å²) in [6.07, 6.45) is 0. The average Bonchev–Trinajstić information content (AvgIpc) is 3.73. The molecule has 0 atom stereocenters. The van der Waals surface area contributed by atoms with Crippen LogP contribution in [0.4, 0.5) is 17.1 Å². The summed E-state index contributed by atoms with van der Waals surface area (Å²) in [7, 11) is 0. The van der Waals surface area contributed by atoms with E-state index in [9.17, 15) is 0 Å². The minimum atomic E-state index is -0.0889. The van der Waals surface area contributed by atoms with Crippen LogP contribution in [0.5, 0.6) is 0 Å². The highest BCUT2D eigenvalue weighted by atomic mass is 15.1. The highest BCUT2D eigenvalue weighted by Gasteiger charge is 2.25. The number of fused-ring (bicyclic) bond motifs is 3. The molecule has 70 heavy (non-hydrogen) atoms. The first-order valence-corrected chi connectivity index (χ1v) is 24.6. The fourth-order valence-electron chi connectivity index (χ4n) is 9.96. The van der Waals surface area contributed by atoms with Crippen LogP contribution in [0.3, 0.4) is 0 Å². The zero-order valence-corrected chi connectivity index (χ0v) is 41.0. The highest BCUT2D eigenvalue weighted by molar-refractivity contribution is 6.16. The molecule has 2 nitrogen and oxygen atoms in total. The second kappa shape index (κ2) is 18.0. The number of nitrogens with zero attached hydrogens (tertiary/aromatic N) is 2. The third-order valence-corrected chi connectivity index (χ3v) is 13.9. The quantitative estimate of drug-likeness (QED) is 0.140. The van der Waals surface area contributed by atoms with Crippen molar-refractivity contribution in [3.8, 4) is 61.3 Å². The number of anilines is 3. The molecule has 2 heteroatoms. The Hall–Kier alpha value is -8.20. The molecular formula is C68H58N2. The lowest BCUT2D eigenvalue weighted by Crippen LogP contribution is -2.12. The highest BCUT2D eigenvalue weighted by Crippen LogP contribution is 2.45. The van der Waals surface area contributed by atoms with Gasteiger partial charge in [0.1, 0.15) is 0 Å². The summed E-state index contributed by atoms with van der Waals surface area (Å²) in [5, 5.41) is 2.52. The summed E-state index contributed by atoms with van der Waals surface area (Å²) in [4.78, 5) is 2.40. The Morgan fingerprint density at radius 3 is 1.16 bits per heavy atom. The molecule has 340 valence electrons. The molecule has 11 rings (SSSR count). The molecule has 0 aliphatic carbocycles. The average molecular weight is 903 g/mol. The predicted octanol–water partition coefficient (Wildman–Crippen LogP) is 19.2. The Morgan fingerprint density at radius 2 is 0.700 bits per heavy atom. The smallest absolute Gasteiger partial charge is 0.0550 e. The van der Waals surface area contributed by atoms with Crippen LogP contribution in [0.1, 0.15) is 52.7 Å². The summed E-state index contributed by atoms with van der Waals surface area (Å²) in [5.74, 6) is 0. The van der Waals surface area contributed by atoms with Crippen LogP contribution < -0.4 is 4.90 Å². The predicted molar refractivity (Wildman–Crippen MR) is 300 cm³/mol. The van der Waals surface area contributed by atoms with Gasteiger partial charge in [0.2, 0.25) is 0 Å². The maximum absolute atomic E-state index is 2.49. The van der Waals surface area contributed by atoms with Gasteiger partial charge in [-0.05, 0) is 144 Å². The molecule has 11 aromatic rings. The molecule has 0 radical (unpaired) electrons. The molecule has 0 N–H and O–H groups in total. The molecule has 0 aliphatic rings. The van der Waals surface area contributed by atoms with E-state index in [0.717, 1.165) is 22.7 Å². The molecule has 0 spiro atoms. The van der Waals surface area contributed by atoms with Gasteiger partial charge in [0.05, 0.1) is 11.0 Å². The summed E-state index contributed by atoms with van der Waals surface area (Å²) in [6, 6.07) is 89.1. The van der Waals surface area contributed by atoms with Gasteiger partial charge in [-0.2, -0.15) is 0 Å². The Bertz CT molecular complexity index is 3460. The van der Waals surface area contributed by atoms with Gasteiger partial charge in [0.25, 0.3) is 0 Å². The molecule has 0 saturated heterocycles. The summed E-state index contributed by atoms with van der Waals surface area (Å²) < 4.78 is 2.49. The number of hydrogen-bond acceptors (Lipinski definition) is 1. The van der Waals surface area contributed by atoms with E-state index in [1.54, 1.807) is 0 Å². The van der Waals surface area contributed by atoms with E-state index in [-0.39, 0.29) is 10.8 Å². The van der Waals surface area contributed by atoms with Crippen LogP contribution >= 0.6 is 0 Å². The van der Waals surface area contributed by atoms with E-state index < -0.39 is 0 Å². The summed E-state index contributed by atoms with van der Waals surface area (Å²) in [6.45, 7) is 13.9. The fraction of sp³-hybridized carbons (Fsp3) is 0.118. The number of hydrogen-bond donors (Lipinski definition) is 0. The first-order chi connectivity index (χ1) is 34.0. The molecule has 1 heterocycles. The van der Waals surface area contributed by atoms with Crippen molar-refractivity contribution in [2.45, 2.75) is 52.4 Å². The number of rotatable bonds is 9. The Labute approximate surface area is 413 Å². The topological polar surface area (TPSA) is 8.17 Å². The van der Waals surface area contributed by atoms with Crippen molar-refractivity contribution in [3.63, 3.8) is 0 Å². The third-order valence-electron chi connectivity index (χ3n) is 13.9. The van der Waals surface area contributed by atoms with Gasteiger partial charge >= 0.3 is 0 Å². The second-order valence-corrected chi connectivity index (χ2v) is 20.7. The molecule has 0 aliphatic heterocycles. The van der Waals surface area contributed by atoms with Crippen LogP contribution in [0, 0.1) is 0 Å². The van der Waals surface area contributed by atoms with Crippen molar-refractivity contribution in [3.05, 3.63) is 254 Å². The molecule has 10 aromatic carbocycles. The molecule has 0 bridgehead atoms. The van der Waals surface area contributed by atoms with Crippen molar-refractivity contribution in [1.29, 1.82) is 0 Å². The van der Waals surface area contributed by atoms with Gasteiger partial charge in [-0.25, -0.2) is 0 Å². The fourth-order valence-corrected chi connectivity index (χ4v) is 9.96. The number of para-hydroxylation sites is 1. The van der Waals surface area contributed by atoms with Crippen LogP contribution in [-0.4, -0.2) is 4.57 Å². The Balaban J connectivity index is 1.05. The van der Waals surface area contributed by atoms with Crippen LogP contribution in [0.15, 0.2) is 243 Å². The van der Waals surface area contributed by atoms with Crippen molar-refractivity contribution >= 4 is 38.9 Å². The van der Waals surface area contributed by atoms with E-state index in [1.165, 1.54) is 88.6 Å².